The Labute approximate surface area is 464 Å². The molecular weight excluding hydrogens is 966 g/mol. The van der Waals surface area contributed by atoms with Crippen LogP contribution in [-0.4, -0.2) is 11.3 Å². The van der Waals surface area contributed by atoms with Gasteiger partial charge in [0.2, 0.25) is 0 Å². The highest BCUT2D eigenvalue weighted by atomic mass is 15.2. The van der Waals surface area contributed by atoms with Crippen LogP contribution in [0.4, 0.5) is 34.1 Å². The Morgan fingerprint density at radius 3 is 1.20 bits per heavy atom. The van der Waals surface area contributed by atoms with Crippen LogP contribution < -0.4 is 26.2 Å². The summed E-state index contributed by atoms with van der Waals surface area (Å²) < 4.78 is 2.41. The molecule has 0 aliphatic carbocycles. The van der Waals surface area contributed by atoms with Gasteiger partial charge in [0.15, 0.2) is 0 Å². The van der Waals surface area contributed by atoms with Gasteiger partial charge in [0.05, 0.1) is 11.0 Å². The van der Waals surface area contributed by atoms with Crippen LogP contribution in [0.1, 0.15) is 0 Å². The normalized spacial score (nSPS) is 12.7. The van der Waals surface area contributed by atoms with Crippen molar-refractivity contribution in [1.82, 2.24) is 4.57 Å². The summed E-state index contributed by atoms with van der Waals surface area (Å²) in [4.78, 5) is 5.21. The van der Waals surface area contributed by atoms with E-state index in [1.165, 1.54) is 126 Å². The van der Waals surface area contributed by atoms with E-state index in [9.17, 15) is 0 Å². The monoisotopic (exact) mass is 1010 g/mol. The molecule has 4 heteroatoms. The molecule has 15 aromatic rings. The SMILES string of the molecule is c1ccc(-c2ccc(N3c4cc(-c5ccc6c(c5)c5ccccc5n6-c5ccccc5)cc5c4B(c4ccc6c(ccc7ccccc76)c43)c3ccc4c(ccc6ccccc64)c3N5c3ccc(-c4ccccc4)cc3)cc2)cc1. The Balaban J connectivity index is 0.999. The Hall–Kier alpha value is -10.4. The van der Waals surface area contributed by atoms with E-state index in [1.807, 2.05) is 0 Å². The zero-order valence-corrected chi connectivity index (χ0v) is 43.6. The van der Waals surface area contributed by atoms with Crippen LogP contribution >= 0.6 is 0 Å². The molecule has 0 radical (unpaired) electrons. The fourth-order valence-corrected chi connectivity index (χ4v) is 13.7. The highest BCUT2D eigenvalue weighted by Gasteiger charge is 2.45. The summed E-state index contributed by atoms with van der Waals surface area (Å²) in [5.41, 5.74) is 21.5. The third-order valence-electron chi connectivity index (χ3n) is 17.3. The fraction of sp³-hybridized carbons (Fsp3) is 0. The zero-order valence-electron chi connectivity index (χ0n) is 43.6. The summed E-state index contributed by atoms with van der Waals surface area (Å²) in [6.45, 7) is -0.100. The number of aromatic nitrogens is 1. The lowest BCUT2D eigenvalue weighted by Gasteiger charge is -2.45. The fourth-order valence-electron chi connectivity index (χ4n) is 13.7. The smallest absolute Gasteiger partial charge is 0.252 e. The van der Waals surface area contributed by atoms with Crippen LogP contribution in [0.5, 0.6) is 0 Å². The number of benzene rings is 14. The molecule has 0 bridgehead atoms. The van der Waals surface area contributed by atoms with Crippen molar-refractivity contribution in [2.45, 2.75) is 0 Å². The molecule has 370 valence electrons. The topological polar surface area (TPSA) is 11.4 Å². The summed E-state index contributed by atoms with van der Waals surface area (Å²) >= 11 is 0. The maximum atomic E-state index is 2.61. The molecule has 0 saturated carbocycles. The molecule has 3 nitrogen and oxygen atoms in total. The lowest BCUT2D eigenvalue weighted by atomic mass is 9.33. The quantitative estimate of drug-likeness (QED) is 0.121. The van der Waals surface area contributed by atoms with Gasteiger partial charge in [-0.1, -0.05) is 224 Å². The minimum atomic E-state index is -0.100. The maximum absolute atomic E-state index is 2.61. The molecule has 0 spiro atoms. The van der Waals surface area contributed by atoms with Crippen LogP contribution in [0.25, 0.3) is 104 Å². The van der Waals surface area contributed by atoms with Gasteiger partial charge in [-0.05, 0) is 149 Å². The average molecular weight is 1010 g/mol. The molecule has 0 amide bonds. The summed E-state index contributed by atoms with van der Waals surface area (Å²) in [6, 6.07) is 109. The van der Waals surface area contributed by atoms with Crippen LogP contribution in [0.2, 0.25) is 0 Å². The number of para-hydroxylation sites is 2. The van der Waals surface area contributed by atoms with Gasteiger partial charge in [0, 0.05) is 61.4 Å². The largest absolute Gasteiger partial charge is 0.311 e. The van der Waals surface area contributed by atoms with Crippen molar-refractivity contribution in [1.29, 1.82) is 0 Å². The summed E-state index contributed by atoms with van der Waals surface area (Å²) in [7, 11) is 0. The molecule has 0 fully saturated rings. The van der Waals surface area contributed by atoms with E-state index in [1.54, 1.807) is 0 Å². The number of nitrogens with zero attached hydrogens (tertiary/aromatic N) is 3. The van der Waals surface area contributed by atoms with Crippen LogP contribution in [0.3, 0.4) is 0 Å². The highest BCUT2D eigenvalue weighted by molar-refractivity contribution is 7.01. The average Bonchev–Trinajstić information content (AvgIpc) is 3.98. The molecule has 0 saturated heterocycles. The van der Waals surface area contributed by atoms with Crippen molar-refractivity contribution in [2.24, 2.45) is 0 Å². The molecule has 0 atom stereocenters. The van der Waals surface area contributed by atoms with Crippen molar-refractivity contribution >= 4 is 122 Å². The Bertz CT molecular complexity index is 4760. The van der Waals surface area contributed by atoms with Crippen molar-refractivity contribution in [3.05, 3.63) is 291 Å². The lowest BCUT2D eigenvalue weighted by Crippen LogP contribution is -2.61. The standard InChI is InChI=1S/C76H48BN3/c1-4-16-49(17-5-1)51-28-35-58(36-29-51)79-72-47-56(55-34-45-71-67(46-55)64-26-14-15-27-70(64)78(71)57-22-8-3-9-23-57)48-73-74(72)77(68-43-41-62-60-24-12-10-20-53(60)32-39-65(62)75(68)79)69-44-42-63-61-25-13-11-21-54(61)33-40-66(63)76(69)80(73)59-37-30-52(31-38-59)50-18-6-2-7-19-50/h1-48H. The van der Waals surface area contributed by atoms with E-state index in [-0.39, 0.29) is 6.71 Å². The van der Waals surface area contributed by atoms with Crippen molar-refractivity contribution < 1.29 is 0 Å². The van der Waals surface area contributed by atoms with Gasteiger partial charge < -0.3 is 14.4 Å². The van der Waals surface area contributed by atoms with Crippen LogP contribution in [-0.2, 0) is 0 Å². The number of hydrogen-bond acceptors (Lipinski definition) is 2. The predicted octanol–water partition coefficient (Wildman–Crippen LogP) is 18.5. The van der Waals surface area contributed by atoms with E-state index in [2.05, 4.69) is 306 Å². The zero-order chi connectivity index (χ0) is 52.4. The van der Waals surface area contributed by atoms with Crippen molar-refractivity contribution in [3.63, 3.8) is 0 Å². The molecule has 1 aromatic heterocycles. The Morgan fingerprint density at radius 2 is 0.662 bits per heavy atom. The van der Waals surface area contributed by atoms with Gasteiger partial charge in [-0.2, -0.15) is 0 Å². The summed E-state index contributed by atoms with van der Waals surface area (Å²) in [5, 5.41) is 12.4. The van der Waals surface area contributed by atoms with E-state index in [0.29, 0.717) is 0 Å². The van der Waals surface area contributed by atoms with Gasteiger partial charge in [0.1, 0.15) is 0 Å². The van der Waals surface area contributed by atoms with Gasteiger partial charge in [-0.15, -0.1) is 0 Å². The second-order valence-corrected chi connectivity index (χ2v) is 21.5. The van der Waals surface area contributed by atoms with Crippen molar-refractivity contribution in [2.75, 3.05) is 9.80 Å². The van der Waals surface area contributed by atoms with Crippen LogP contribution in [0.15, 0.2) is 291 Å². The molecule has 2 aliphatic rings. The minimum Gasteiger partial charge on any atom is -0.311 e. The van der Waals surface area contributed by atoms with E-state index in [4.69, 9.17) is 0 Å². The molecule has 17 rings (SSSR count). The van der Waals surface area contributed by atoms with E-state index in [0.717, 1.165) is 28.2 Å². The second-order valence-electron chi connectivity index (χ2n) is 21.5. The molecule has 0 N–H and O–H groups in total. The first-order chi connectivity index (χ1) is 39.7. The summed E-state index contributed by atoms with van der Waals surface area (Å²) in [6.07, 6.45) is 0. The number of anilines is 6. The predicted molar refractivity (Wildman–Crippen MR) is 341 cm³/mol. The van der Waals surface area contributed by atoms with Crippen molar-refractivity contribution in [3.8, 4) is 39.1 Å². The van der Waals surface area contributed by atoms with E-state index >= 15 is 0 Å². The summed E-state index contributed by atoms with van der Waals surface area (Å²) in [5.74, 6) is 0. The Kier molecular flexibility index (Phi) is 9.81. The molecular formula is C76H48BN3. The number of hydrogen-bond donors (Lipinski definition) is 0. The lowest BCUT2D eigenvalue weighted by molar-refractivity contribution is 1.18. The third-order valence-corrected chi connectivity index (χ3v) is 17.3. The molecule has 3 heterocycles. The highest BCUT2D eigenvalue weighted by Crippen LogP contribution is 2.51. The molecule has 80 heavy (non-hydrogen) atoms. The third kappa shape index (κ3) is 6.69. The molecule has 0 unspecified atom stereocenters. The number of fused-ring (bicyclic) bond motifs is 15. The first kappa shape index (κ1) is 44.7. The number of rotatable bonds is 6. The first-order valence-electron chi connectivity index (χ1n) is 27.8. The Morgan fingerprint density at radius 1 is 0.237 bits per heavy atom. The van der Waals surface area contributed by atoms with E-state index < -0.39 is 0 Å². The van der Waals surface area contributed by atoms with Gasteiger partial charge in [-0.3, -0.25) is 0 Å². The molecule has 14 aromatic carbocycles. The first-order valence-corrected chi connectivity index (χ1v) is 27.8. The van der Waals surface area contributed by atoms with Gasteiger partial charge in [0.25, 0.3) is 6.71 Å². The second kappa shape index (κ2) is 17.6. The van der Waals surface area contributed by atoms with Gasteiger partial charge >= 0.3 is 0 Å². The molecule has 2 aliphatic heterocycles. The van der Waals surface area contributed by atoms with Gasteiger partial charge in [-0.25, -0.2) is 0 Å². The maximum Gasteiger partial charge on any atom is 0.252 e. The van der Waals surface area contributed by atoms with Crippen LogP contribution in [0, 0.1) is 0 Å². The minimum absolute atomic E-state index is 0.100.